The summed E-state index contributed by atoms with van der Waals surface area (Å²) < 4.78 is 7.47. The highest BCUT2D eigenvalue weighted by atomic mass is 16.5. The van der Waals surface area contributed by atoms with Gasteiger partial charge in [-0.3, -0.25) is 0 Å². The minimum atomic E-state index is 0.570. The topological polar surface area (TPSA) is 76.4 Å². The zero-order valence-corrected chi connectivity index (χ0v) is 16.3. The molecule has 0 bridgehead atoms. The Morgan fingerprint density at radius 3 is 2.54 bits per heavy atom. The lowest BCUT2D eigenvalue weighted by molar-refractivity contribution is 0.322. The number of hydrogen-bond donors (Lipinski definition) is 2. The molecular weight excluding hydrogens is 352 g/mol. The predicted molar refractivity (Wildman–Crippen MR) is 111 cm³/mol. The maximum atomic E-state index is 5.74. The van der Waals surface area contributed by atoms with Gasteiger partial charge >= 0.3 is 0 Å². The first-order valence-corrected chi connectivity index (χ1v) is 9.40. The quantitative estimate of drug-likeness (QED) is 0.358. The van der Waals surface area contributed by atoms with Crippen molar-refractivity contribution in [3.63, 3.8) is 0 Å². The molecule has 0 aliphatic rings. The van der Waals surface area contributed by atoms with E-state index in [9.17, 15) is 0 Å². The van der Waals surface area contributed by atoms with Gasteiger partial charge < -0.3 is 15.4 Å². The van der Waals surface area contributed by atoms with Crippen LogP contribution in [-0.4, -0.2) is 40.4 Å². The van der Waals surface area contributed by atoms with Gasteiger partial charge in [-0.25, -0.2) is 14.7 Å². The molecule has 28 heavy (non-hydrogen) atoms. The molecule has 0 aliphatic carbocycles. The maximum Gasteiger partial charge on any atom is 0.191 e. The van der Waals surface area contributed by atoms with Gasteiger partial charge in [0.25, 0.3) is 0 Å². The maximum absolute atomic E-state index is 5.74. The lowest BCUT2D eigenvalue weighted by Gasteiger charge is -2.12. The van der Waals surface area contributed by atoms with Gasteiger partial charge in [-0.15, -0.1) is 0 Å². The summed E-state index contributed by atoms with van der Waals surface area (Å²) in [5.74, 6) is 1.65. The van der Waals surface area contributed by atoms with Gasteiger partial charge in [-0.05, 0) is 43.7 Å². The molecule has 0 saturated heterocycles. The molecule has 0 atom stereocenters. The van der Waals surface area contributed by atoms with E-state index in [-0.39, 0.29) is 0 Å². The van der Waals surface area contributed by atoms with Crippen LogP contribution in [-0.2, 0) is 6.54 Å². The van der Waals surface area contributed by atoms with Crippen molar-refractivity contribution in [1.82, 2.24) is 25.4 Å². The number of aryl methyl sites for hydroxylation is 1. The third-order valence-electron chi connectivity index (χ3n) is 4.07. The average Bonchev–Trinajstić information content (AvgIpc) is 3.26. The second-order valence-corrected chi connectivity index (χ2v) is 6.29. The van der Waals surface area contributed by atoms with Crippen molar-refractivity contribution < 1.29 is 4.74 Å². The summed E-state index contributed by atoms with van der Waals surface area (Å²) in [5, 5.41) is 10.7. The van der Waals surface area contributed by atoms with Gasteiger partial charge in [0, 0.05) is 6.54 Å². The largest absolute Gasteiger partial charge is 0.492 e. The molecule has 1 heterocycles. The van der Waals surface area contributed by atoms with Crippen molar-refractivity contribution in [2.75, 3.05) is 19.7 Å². The minimum absolute atomic E-state index is 0.570. The van der Waals surface area contributed by atoms with Crippen LogP contribution in [0.15, 0.2) is 66.2 Å². The van der Waals surface area contributed by atoms with Crippen LogP contribution >= 0.6 is 0 Å². The highest BCUT2D eigenvalue weighted by molar-refractivity contribution is 5.79. The van der Waals surface area contributed by atoms with Crippen LogP contribution in [0.3, 0.4) is 0 Å². The number of ether oxygens (including phenoxy) is 1. The Morgan fingerprint density at radius 2 is 1.86 bits per heavy atom. The number of rotatable bonds is 8. The first-order valence-electron chi connectivity index (χ1n) is 9.40. The third-order valence-corrected chi connectivity index (χ3v) is 4.07. The number of benzene rings is 2. The van der Waals surface area contributed by atoms with Crippen LogP contribution in [0.1, 0.15) is 18.1 Å². The van der Waals surface area contributed by atoms with Crippen molar-refractivity contribution in [2.24, 2.45) is 4.99 Å². The van der Waals surface area contributed by atoms with E-state index in [1.54, 1.807) is 11.0 Å². The number of nitrogens with one attached hydrogen (secondary N) is 2. The van der Waals surface area contributed by atoms with Crippen molar-refractivity contribution in [3.05, 3.63) is 72.3 Å². The van der Waals surface area contributed by atoms with E-state index < -0.39 is 0 Å². The molecule has 7 nitrogen and oxygen atoms in total. The van der Waals surface area contributed by atoms with E-state index >= 15 is 0 Å². The van der Waals surface area contributed by atoms with Gasteiger partial charge in [0.15, 0.2) is 5.96 Å². The first kappa shape index (κ1) is 19.4. The first-order chi connectivity index (χ1) is 13.7. The Hall–Kier alpha value is -3.35. The SMILES string of the molecule is CCNC(=NCc1ccc(-n2cncn2)cc1)NCCOc1ccc(C)cc1. The zero-order valence-electron chi connectivity index (χ0n) is 16.3. The fraction of sp³-hybridized carbons (Fsp3) is 0.286. The van der Waals surface area contributed by atoms with Crippen LogP contribution in [0, 0.1) is 6.92 Å². The van der Waals surface area contributed by atoms with E-state index in [1.807, 2.05) is 55.5 Å². The van der Waals surface area contributed by atoms with Crippen LogP contribution in [0.4, 0.5) is 0 Å². The Balaban J connectivity index is 1.48. The molecular formula is C21H26N6O. The Kier molecular flexibility index (Phi) is 7.01. The second kappa shape index (κ2) is 10.1. The molecule has 0 spiro atoms. The number of nitrogens with zero attached hydrogens (tertiary/aromatic N) is 4. The van der Waals surface area contributed by atoms with Crippen molar-refractivity contribution in [2.45, 2.75) is 20.4 Å². The summed E-state index contributed by atoms with van der Waals surface area (Å²) in [4.78, 5) is 8.60. The molecule has 0 aliphatic heterocycles. The second-order valence-electron chi connectivity index (χ2n) is 6.29. The summed E-state index contributed by atoms with van der Waals surface area (Å²) in [6.07, 6.45) is 3.20. The fourth-order valence-corrected chi connectivity index (χ4v) is 2.58. The summed E-state index contributed by atoms with van der Waals surface area (Å²) in [6, 6.07) is 16.2. The number of guanidine groups is 1. The molecule has 3 aromatic rings. The number of aliphatic imine (C=N–C) groups is 1. The lowest BCUT2D eigenvalue weighted by Crippen LogP contribution is -2.39. The Labute approximate surface area is 165 Å². The number of aromatic nitrogens is 3. The molecule has 2 aromatic carbocycles. The Bertz CT molecular complexity index is 857. The standard InChI is InChI=1S/C21H26N6O/c1-3-23-21(24-12-13-28-20-10-4-17(2)5-11-20)25-14-18-6-8-19(9-7-18)27-16-22-15-26-27/h4-11,15-16H,3,12-14H2,1-2H3,(H2,23,24,25). The minimum Gasteiger partial charge on any atom is -0.492 e. The van der Waals surface area contributed by atoms with Gasteiger partial charge in [0.1, 0.15) is 25.0 Å². The molecule has 2 N–H and O–H groups in total. The van der Waals surface area contributed by atoms with Gasteiger partial charge in [0.05, 0.1) is 18.8 Å². The van der Waals surface area contributed by atoms with Crippen LogP contribution in [0.2, 0.25) is 0 Å². The summed E-state index contributed by atoms with van der Waals surface area (Å²) in [6.45, 7) is 6.74. The van der Waals surface area contributed by atoms with Crippen LogP contribution in [0.5, 0.6) is 5.75 Å². The average molecular weight is 378 g/mol. The van der Waals surface area contributed by atoms with E-state index in [0.29, 0.717) is 19.7 Å². The van der Waals surface area contributed by atoms with E-state index in [0.717, 1.165) is 29.5 Å². The molecule has 0 unspecified atom stereocenters. The fourth-order valence-electron chi connectivity index (χ4n) is 2.58. The van der Waals surface area contributed by atoms with Crippen molar-refractivity contribution >= 4 is 5.96 Å². The molecule has 0 amide bonds. The van der Waals surface area contributed by atoms with Gasteiger partial charge in [0.2, 0.25) is 0 Å². The molecule has 3 rings (SSSR count). The predicted octanol–water partition coefficient (Wildman–Crippen LogP) is 2.71. The summed E-state index contributed by atoms with van der Waals surface area (Å²) in [7, 11) is 0. The molecule has 146 valence electrons. The van der Waals surface area contributed by atoms with Gasteiger partial charge in [-0.2, -0.15) is 5.10 Å². The van der Waals surface area contributed by atoms with Crippen LogP contribution < -0.4 is 15.4 Å². The summed E-state index contributed by atoms with van der Waals surface area (Å²) in [5.41, 5.74) is 3.32. The summed E-state index contributed by atoms with van der Waals surface area (Å²) >= 11 is 0. The van der Waals surface area contributed by atoms with Crippen molar-refractivity contribution in [3.8, 4) is 11.4 Å². The molecule has 7 heteroatoms. The molecule has 0 saturated carbocycles. The van der Waals surface area contributed by atoms with E-state index in [1.165, 1.54) is 11.9 Å². The third kappa shape index (κ3) is 5.84. The highest BCUT2D eigenvalue weighted by Crippen LogP contribution is 2.11. The van der Waals surface area contributed by atoms with Gasteiger partial charge in [-0.1, -0.05) is 29.8 Å². The monoisotopic (exact) mass is 378 g/mol. The van der Waals surface area contributed by atoms with E-state index in [4.69, 9.17) is 4.74 Å². The molecule has 0 radical (unpaired) electrons. The molecule has 0 fully saturated rings. The highest BCUT2D eigenvalue weighted by Gasteiger charge is 2.00. The lowest BCUT2D eigenvalue weighted by atomic mass is 10.2. The zero-order chi connectivity index (χ0) is 19.6. The normalized spacial score (nSPS) is 11.3. The molecule has 1 aromatic heterocycles. The van der Waals surface area contributed by atoms with E-state index in [2.05, 4.69) is 32.6 Å². The number of hydrogen-bond acceptors (Lipinski definition) is 4. The van der Waals surface area contributed by atoms with Crippen LogP contribution in [0.25, 0.3) is 5.69 Å². The Morgan fingerprint density at radius 1 is 1.07 bits per heavy atom. The van der Waals surface area contributed by atoms with Crippen molar-refractivity contribution in [1.29, 1.82) is 0 Å². The smallest absolute Gasteiger partial charge is 0.191 e.